The Morgan fingerprint density at radius 2 is 1.50 bits per heavy atom. The van der Waals surface area contributed by atoms with Crippen LogP contribution >= 0.6 is 0 Å². The summed E-state index contributed by atoms with van der Waals surface area (Å²) in [5.41, 5.74) is 0.000264. The number of amides is 1. The Morgan fingerprint density at radius 1 is 0.906 bits per heavy atom. The number of rotatable bonds is 8. The summed E-state index contributed by atoms with van der Waals surface area (Å²) in [6, 6.07) is 7.83. The Kier molecular flexibility index (Phi) is 6.96. The number of nitrogens with one attached hydrogen (secondary N) is 2. The predicted octanol–water partition coefficient (Wildman–Crippen LogP) is 1.65. The van der Waals surface area contributed by atoms with Crippen molar-refractivity contribution < 1.29 is 31.1 Å². The highest BCUT2D eigenvalue weighted by molar-refractivity contribution is 7.92. The van der Waals surface area contributed by atoms with Crippen LogP contribution in [-0.2, 0) is 20.0 Å². The number of carbonyl (C=O) groups is 1. The van der Waals surface area contributed by atoms with Crippen LogP contribution in [0.5, 0.6) is 11.5 Å². The van der Waals surface area contributed by atoms with Crippen LogP contribution in [0.3, 0.4) is 0 Å². The summed E-state index contributed by atoms with van der Waals surface area (Å²) in [6.45, 7) is 0.840. The van der Waals surface area contributed by atoms with Gasteiger partial charge in [0.15, 0.2) is 0 Å². The SMILES string of the molecule is CNC(=O)c1cc(S(=O)(=O)Nc2cc(S(=O)(=O)N3CCCC3)ccc2OC)ccc1OC. The van der Waals surface area contributed by atoms with Crippen molar-refractivity contribution in [2.24, 2.45) is 0 Å². The van der Waals surface area contributed by atoms with Gasteiger partial charge in [-0.2, -0.15) is 4.31 Å². The Hall–Kier alpha value is -2.83. The summed E-state index contributed by atoms with van der Waals surface area (Å²) < 4.78 is 66.0. The van der Waals surface area contributed by atoms with Gasteiger partial charge in [0, 0.05) is 20.1 Å². The average Bonchev–Trinajstić information content (AvgIpc) is 3.33. The number of nitrogens with zero attached hydrogens (tertiary/aromatic N) is 1. The minimum Gasteiger partial charge on any atom is -0.496 e. The zero-order chi connectivity index (χ0) is 23.5. The van der Waals surface area contributed by atoms with Crippen LogP contribution in [0.1, 0.15) is 23.2 Å². The van der Waals surface area contributed by atoms with Gasteiger partial charge in [0.05, 0.1) is 35.3 Å². The highest BCUT2D eigenvalue weighted by atomic mass is 32.2. The molecule has 0 radical (unpaired) electrons. The first kappa shape index (κ1) is 23.8. The van der Waals surface area contributed by atoms with Crippen LogP contribution in [-0.4, -0.2) is 61.4 Å². The first-order valence-electron chi connectivity index (χ1n) is 9.75. The molecule has 32 heavy (non-hydrogen) atoms. The minimum absolute atomic E-state index is 0.0370. The van der Waals surface area contributed by atoms with Crippen molar-refractivity contribution in [3.8, 4) is 11.5 Å². The molecule has 1 aliphatic rings. The molecule has 0 bridgehead atoms. The van der Waals surface area contributed by atoms with Gasteiger partial charge in [0.25, 0.3) is 15.9 Å². The monoisotopic (exact) mass is 483 g/mol. The third kappa shape index (κ3) is 4.66. The first-order chi connectivity index (χ1) is 15.1. The third-order valence-electron chi connectivity index (χ3n) is 5.07. The lowest BCUT2D eigenvalue weighted by Gasteiger charge is -2.18. The fraction of sp³-hybridized carbons (Fsp3) is 0.350. The number of ether oxygens (including phenoxy) is 2. The summed E-state index contributed by atoms with van der Waals surface area (Å²) >= 11 is 0. The molecule has 1 aliphatic heterocycles. The molecule has 0 atom stereocenters. The highest BCUT2D eigenvalue weighted by Gasteiger charge is 2.29. The van der Waals surface area contributed by atoms with Crippen molar-refractivity contribution in [2.75, 3.05) is 39.1 Å². The van der Waals surface area contributed by atoms with E-state index in [0.29, 0.717) is 13.1 Å². The van der Waals surface area contributed by atoms with E-state index in [-0.39, 0.29) is 32.5 Å². The molecule has 0 aromatic heterocycles. The lowest BCUT2D eigenvalue weighted by atomic mass is 10.2. The summed E-state index contributed by atoms with van der Waals surface area (Å²) in [5, 5.41) is 2.43. The van der Waals surface area contributed by atoms with Crippen LogP contribution < -0.4 is 19.5 Å². The summed E-state index contributed by atoms with van der Waals surface area (Å²) in [7, 11) is -3.83. The smallest absolute Gasteiger partial charge is 0.262 e. The lowest BCUT2D eigenvalue weighted by Crippen LogP contribution is -2.28. The van der Waals surface area contributed by atoms with E-state index >= 15 is 0 Å². The molecule has 2 aromatic carbocycles. The van der Waals surface area contributed by atoms with E-state index in [1.165, 1.54) is 62.0 Å². The topological polar surface area (TPSA) is 131 Å². The molecular formula is C20H25N3O7S2. The predicted molar refractivity (Wildman–Crippen MR) is 118 cm³/mol. The number of hydrogen-bond acceptors (Lipinski definition) is 7. The second kappa shape index (κ2) is 9.35. The van der Waals surface area contributed by atoms with Gasteiger partial charge in [-0.05, 0) is 49.2 Å². The number of benzene rings is 2. The number of hydrogen-bond donors (Lipinski definition) is 2. The minimum atomic E-state index is -4.19. The largest absolute Gasteiger partial charge is 0.496 e. The molecule has 1 amide bonds. The van der Waals surface area contributed by atoms with E-state index in [2.05, 4.69) is 10.0 Å². The lowest BCUT2D eigenvalue weighted by molar-refractivity contribution is 0.0960. The van der Waals surface area contributed by atoms with Crippen molar-refractivity contribution in [3.63, 3.8) is 0 Å². The highest BCUT2D eigenvalue weighted by Crippen LogP contribution is 2.32. The number of sulfonamides is 2. The fourth-order valence-electron chi connectivity index (χ4n) is 3.37. The second-order valence-electron chi connectivity index (χ2n) is 7.02. The molecule has 174 valence electrons. The molecule has 0 unspecified atom stereocenters. The van der Waals surface area contributed by atoms with Gasteiger partial charge in [-0.1, -0.05) is 0 Å². The van der Waals surface area contributed by atoms with Crippen molar-refractivity contribution in [1.29, 1.82) is 0 Å². The maximum Gasteiger partial charge on any atom is 0.262 e. The molecule has 1 heterocycles. The van der Waals surface area contributed by atoms with Gasteiger partial charge in [-0.3, -0.25) is 9.52 Å². The van der Waals surface area contributed by atoms with Crippen LogP contribution in [0.2, 0.25) is 0 Å². The van der Waals surface area contributed by atoms with Gasteiger partial charge in [0.1, 0.15) is 11.5 Å². The number of carbonyl (C=O) groups excluding carboxylic acids is 1. The van der Waals surface area contributed by atoms with E-state index in [1.807, 2.05) is 0 Å². The molecule has 12 heteroatoms. The van der Waals surface area contributed by atoms with Crippen LogP contribution in [0.15, 0.2) is 46.2 Å². The molecule has 1 saturated heterocycles. The molecule has 1 fully saturated rings. The molecule has 2 aromatic rings. The van der Waals surface area contributed by atoms with Gasteiger partial charge < -0.3 is 14.8 Å². The van der Waals surface area contributed by atoms with Crippen molar-refractivity contribution >= 4 is 31.6 Å². The zero-order valence-electron chi connectivity index (χ0n) is 17.9. The van der Waals surface area contributed by atoms with Crippen molar-refractivity contribution in [2.45, 2.75) is 22.6 Å². The molecule has 0 aliphatic carbocycles. The Bertz CT molecular complexity index is 1220. The number of anilines is 1. The quantitative estimate of drug-likeness (QED) is 0.584. The maximum absolute atomic E-state index is 13.1. The van der Waals surface area contributed by atoms with Gasteiger partial charge in [-0.15, -0.1) is 0 Å². The molecular weight excluding hydrogens is 458 g/mol. The van der Waals surface area contributed by atoms with Gasteiger partial charge in [0.2, 0.25) is 10.0 Å². The standard InChI is InChI=1S/C20H25N3O7S2/c1-21-20(24)16-12-14(6-8-18(16)29-2)31(25,26)22-17-13-15(7-9-19(17)30-3)32(27,28)23-10-4-5-11-23/h6-9,12-13,22H,4-5,10-11H2,1-3H3,(H,21,24). The van der Waals surface area contributed by atoms with Crippen LogP contribution in [0, 0.1) is 0 Å². The van der Waals surface area contributed by atoms with E-state index in [0.717, 1.165) is 12.8 Å². The van der Waals surface area contributed by atoms with Gasteiger partial charge in [-0.25, -0.2) is 16.8 Å². The molecule has 0 spiro atoms. The van der Waals surface area contributed by atoms with Crippen LogP contribution in [0.4, 0.5) is 5.69 Å². The zero-order valence-corrected chi connectivity index (χ0v) is 19.5. The average molecular weight is 484 g/mol. The Balaban J connectivity index is 2.01. The van der Waals surface area contributed by atoms with Gasteiger partial charge >= 0.3 is 0 Å². The summed E-state index contributed by atoms with van der Waals surface area (Å²) in [4.78, 5) is 11.9. The Morgan fingerprint density at radius 3 is 2.09 bits per heavy atom. The molecule has 10 nitrogen and oxygen atoms in total. The van der Waals surface area contributed by atoms with Crippen LogP contribution in [0.25, 0.3) is 0 Å². The summed E-state index contributed by atoms with van der Waals surface area (Å²) in [6.07, 6.45) is 1.56. The van der Waals surface area contributed by atoms with E-state index in [4.69, 9.17) is 9.47 Å². The van der Waals surface area contributed by atoms with Crippen molar-refractivity contribution in [3.05, 3.63) is 42.0 Å². The molecule has 2 N–H and O–H groups in total. The third-order valence-corrected chi connectivity index (χ3v) is 8.33. The fourth-order valence-corrected chi connectivity index (χ4v) is 6.01. The normalized spacial score (nSPS) is 14.7. The first-order valence-corrected chi connectivity index (χ1v) is 12.7. The van der Waals surface area contributed by atoms with E-state index in [9.17, 15) is 21.6 Å². The van der Waals surface area contributed by atoms with E-state index in [1.54, 1.807) is 0 Å². The second-order valence-corrected chi connectivity index (χ2v) is 10.6. The van der Waals surface area contributed by atoms with Crippen molar-refractivity contribution in [1.82, 2.24) is 9.62 Å². The number of methoxy groups -OCH3 is 2. The maximum atomic E-state index is 13.1. The molecule has 0 saturated carbocycles. The van der Waals surface area contributed by atoms with E-state index < -0.39 is 26.0 Å². The molecule has 3 rings (SSSR count). The Labute approximate surface area is 187 Å². The summed E-state index contributed by atoms with van der Waals surface area (Å²) in [5.74, 6) is -0.163.